The summed E-state index contributed by atoms with van der Waals surface area (Å²) >= 11 is 0.434. The molecule has 0 fully saturated rings. The van der Waals surface area contributed by atoms with Gasteiger partial charge in [0.15, 0.2) is 0 Å². The number of benzene rings is 2. The topological polar surface area (TPSA) is 48.7 Å². The molecule has 0 amide bonds. The minimum atomic E-state index is -2.51. The minimum Gasteiger partial charge on any atom is -0.496 e. The molecule has 0 unspecified atom stereocenters. The molecule has 25 heavy (non-hydrogen) atoms. The summed E-state index contributed by atoms with van der Waals surface area (Å²) in [5.41, 5.74) is 0.776. The van der Waals surface area contributed by atoms with Crippen molar-refractivity contribution in [2.24, 2.45) is 0 Å². The normalized spacial score (nSPS) is 11.0. The van der Waals surface area contributed by atoms with Crippen molar-refractivity contribution in [2.75, 3.05) is 7.11 Å². The van der Waals surface area contributed by atoms with Crippen LogP contribution in [0.2, 0.25) is 0 Å². The number of halogens is 2. The van der Waals surface area contributed by atoms with E-state index >= 15 is 0 Å². The summed E-state index contributed by atoms with van der Waals surface area (Å²) in [6.45, 7) is 0.221. The van der Waals surface area contributed by atoms with Crippen molar-refractivity contribution in [3.63, 3.8) is 0 Å². The van der Waals surface area contributed by atoms with Gasteiger partial charge in [0.25, 0.3) is 5.76 Å². The van der Waals surface area contributed by atoms with Gasteiger partial charge in [0.05, 0.1) is 12.0 Å². The molecule has 4 nitrogen and oxygen atoms in total. The van der Waals surface area contributed by atoms with E-state index in [0.717, 1.165) is 10.9 Å². The molecular weight excluding hydrogens is 350 g/mol. The SMILES string of the molecule is COc1cc(COc2ccc3ccc(=O)oc3c2)ccc1SC(F)F. The van der Waals surface area contributed by atoms with Crippen LogP contribution in [0.1, 0.15) is 5.56 Å². The molecule has 2 aromatic carbocycles. The summed E-state index contributed by atoms with van der Waals surface area (Å²) < 4.78 is 41.0. The number of hydrogen-bond donors (Lipinski definition) is 0. The van der Waals surface area contributed by atoms with Crippen molar-refractivity contribution in [2.45, 2.75) is 17.3 Å². The molecule has 0 aliphatic rings. The highest BCUT2D eigenvalue weighted by Crippen LogP contribution is 2.34. The van der Waals surface area contributed by atoms with Gasteiger partial charge in [0, 0.05) is 17.5 Å². The zero-order chi connectivity index (χ0) is 17.8. The lowest BCUT2D eigenvalue weighted by Gasteiger charge is -2.11. The molecule has 0 aliphatic carbocycles. The number of hydrogen-bond acceptors (Lipinski definition) is 5. The van der Waals surface area contributed by atoms with Crippen LogP contribution in [0.25, 0.3) is 11.0 Å². The Morgan fingerprint density at radius 1 is 1.12 bits per heavy atom. The summed E-state index contributed by atoms with van der Waals surface area (Å²) in [4.78, 5) is 11.6. The molecule has 1 aromatic heterocycles. The van der Waals surface area contributed by atoms with E-state index in [0.29, 0.717) is 33.7 Å². The zero-order valence-corrected chi connectivity index (χ0v) is 14.0. The summed E-state index contributed by atoms with van der Waals surface area (Å²) in [6.07, 6.45) is 0. The number of thioether (sulfide) groups is 1. The van der Waals surface area contributed by atoms with Crippen LogP contribution in [-0.2, 0) is 6.61 Å². The van der Waals surface area contributed by atoms with Gasteiger partial charge >= 0.3 is 5.63 Å². The number of alkyl halides is 2. The van der Waals surface area contributed by atoms with Gasteiger partial charge in [0.1, 0.15) is 23.7 Å². The molecule has 0 atom stereocenters. The van der Waals surface area contributed by atoms with Crippen LogP contribution in [0, 0.1) is 0 Å². The number of ether oxygens (including phenoxy) is 2. The molecule has 0 spiro atoms. The van der Waals surface area contributed by atoms with E-state index < -0.39 is 11.4 Å². The molecule has 130 valence electrons. The Kier molecular flexibility index (Phi) is 5.23. The molecule has 0 radical (unpaired) electrons. The van der Waals surface area contributed by atoms with E-state index in [-0.39, 0.29) is 6.61 Å². The van der Waals surface area contributed by atoms with Gasteiger partial charge in [-0.3, -0.25) is 0 Å². The second-order valence-corrected chi connectivity index (χ2v) is 6.14. The largest absolute Gasteiger partial charge is 0.496 e. The average Bonchev–Trinajstić information content (AvgIpc) is 2.60. The minimum absolute atomic E-state index is 0.221. The third-order valence-corrected chi connectivity index (χ3v) is 4.21. The fourth-order valence-corrected chi connectivity index (χ4v) is 2.89. The molecule has 3 rings (SSSR count). The molecule has 0 saturated heterocycles. The second-order valence-electron chi connectivity index (χ2n) is 5.11. The Bertz CT molecular complexity index is 940. The average molecular weight is 364 g/mol. The lowest BCUT2D eigenvalue weighted by atomic mass is 10.2. The van der Waals surface area contributed by atoms with Crippen LogP contribution in [0.15, 0.2) is 62.6 Å². The first kappa shape index (κ1) is 17.3. The van der Waals surface area contributed by atoms with E-state index in [1.807, 2.05) is 0 Å². The van der Waals surface area contributed by atoms with Gasteiger partial charge in [-0.2, -0.15) is 8.78 Å². The highest BCUT2D eigenvalue weighted by molar-refractivity contribution is 7.99. The first-order valence-corrected chi connectivity index (χ1v) is 8.21. The van der Waals surface area contributed by atoms with Gasteiger partial charge in [-0.25, -0.2) is 4.79 Å². The fourth-order valence-electron chi connectivity index (χ4n) is 2.29. The van der Waals surface area contributed by atoms with E-state index in [1.165, 1.54) is 13.2 Å². The maximum atomic E-state index is 12.5. The van der Waals surface area contributed by atoms with E-state index in [4.69, 9.17) is 13.9 Å². The predicted molar refractivity (Wildman–Crippen MR) is 91.7 cm³/mol. The van der Waals surface area contributed by atoms with Crippen LogP contribution in [0.4, 0.5) is 8.78 Å². The Hall–Kier alpha value is -2.54. The quantitative estimate of drug-likeness (QED) is 0.469. The lowest BCUT2D eigenvalue weighted by molar-refractivity contribution is 0.251. The standard InChI is InChI=1S/C18H14F2O4S/c1-22-15-8-11(2-6-16(15)25-18(19)20)10-23-13-5-3-12-4-7-17(21)24-14(12)9-13/h2-9,18H,10H2,1H3. The lowest BCUT2D eigenvalue weighted by Crippen LogP contribution is -1.98. The van der Waals surface area contributed by atoms with Crippen molar-refractivity contribution in [3.05, 3.63) is 64.5 Å². The number of methoxy groups -OCH3 is 1. The molecule has 0 aliphatic heterocycles. The summed E-state index contributed by atoms with van der Waals surface area (Å²) in [6, 6.07) is 13.2. The molecule has 1 heterocycles. The van der Waals surface area contributed by atoms with Crippen molar-refractivity contribution in [1.29, 1.82) is 0 Å². The first-order chi connectivity index (χ1) is 12.0. The number of fused-ring (bicyclic) bond motifs is 1. The van der Waals surface area contributed by atoms with Crippen LogP contribution >= 0.6 is 11.8 Å². The van der Waals surface area contributed by atoms with Crippen molar-refractivity contribution < 1.29 is 22.7 Å². The maximum Gasteiger partial charge on any atom is 0.336 e. The van der Waals surface area contributed by atoms with Crippen molar-refractivity contribution in [3.8, 4) is 11.5 Å². The highest BCUT2D eigenvalue weighted by Gasteiger charge is 2.11. The van der Waals surface area contributed by atoms with Gasteiger partial charge in [-0.1, -0.05) is 17.8 Å². The summed E-state index contributed by atoms with van der Waals surface area (Å²) in [5, 5.41) is 0.794. The van der Waals surface area contributed by atoms with Crippen LogP contribution in [0.3, 0.4) is 0 Å². The first-order valence-electron chi connectivity index (χ1n) is 7.33. The Labute approximate surface area is 146 Å². The van der Waals surface area contributed by atoms with E-state index in [2.05, 4.69) is 0 Å². The van der Waals surface area contributed by atoms with E-state index in [9.17, 15) is 13.6 Å². The maximum absolute atomic E-state index is 12.5. The second kappa shape index (κ2) is 7.57. The zero-order valence-electron chi connectivity index (χ0n) is 13.2. The van der Waals surface area contributed by atoms with Crippen LogP contribution < -0.4 is 15.1 Å². The van der Waals surface area contributed by atoms with Crippen LogP contribution in [0.5, 0.6) is 11.5 Å². The third-order valence-electron chi connectivity index (χ3n) is 3.44. The molecule has 0 N–H and O–H groups in total. The molecular formula is C18H14F2O4S. The smallest absolute Gasteiger partial charge is 0.336 e. The van der Waals surface area contributed by atoms with Gasteiger partial charge < -0.3 is 13.9 Å². The summed E-state index contributed by atoms with van der Waals surface area (Å²) in [5.74, 6) is -1.61. The van der Waals surface area contributed by atoms with Crippen LogP contribution in [-0.4, -0.2) is 12.9 Å². The van der Waals surface area contributed by atoms with E-state index in [1.54, 1.807) is 42.5 Å². The summed E-state index contributed by atoms with van der Waals surface area (Å²) in [7, 11) is 1.43. The predicted octanol–water partition coefficient (Wildman–Crippen LogP) is 4.70. The van der Waals surface area contributed by atoms with Gasteiger partial charge in [0.2, 0.25) is 0 Å². The number of rotatable bonds is 6. The molecule has 0 bridgehead atoms. The Morgan fingerprint density at radius 2 is 1.92 bits per heavy atom. The fraction of sp³-hybridized carbons (Fsp3) is 0.167. The third kappa shape index (κ3) is 4.30. The molecule has 3 aromatic rings. The van der Waals surface area contributed by atoms with Crippen molar-refractivity contribution in [1.82, 2.24) is 0 Å². The van der Waals surface area contributed by atoms with Gasteiger partial charge in [-0.15, -0.1) is 0 Å². The molecule has 7 heteroatoms. The Balaban J connectivity index is 1.75. The molecule has 0 saturated carbocycles. The highest BCUT2D eigenvalue weighted by atomic mass is 32.2. The monoisotopic (exact) mass is 364 g/mol. The van der Waals surface area contributed by atoms with Crippen molar-refractivity contribution >= 4 is 22.7 Å². The van der Waals surface area contributed by atoms with Gasteiger partial charge in [-0.05, 0) is 35.9 Å². The Morgan fingerprint density at radius 3 is 2.68 bits per heavy atom.